The molecule has 0 radical (unpaired) electrons. The third-order valence-electron chi connectivity index (χ3n) is 29.3. The van der Waals surface area contributed by atoms with Gasteiger partial charge in [0.1, 0.15) is 67.1 Å². The average Bonchev–Trinajstić information content (AvgIpc) is 1.46. The molecule has 3 aromatic carbocycles. The summed E-state index contributed by atoms with van der Waals surface area (Å²) in [7, 11) is 0. The van der Waals surface area contributed by atoms with Crippen molar-refractivity contribution < 1.29 is 77.6 Å². The number of guanidine groups is 1. The van der Waals surface area contributed by atoms with E-state index < -0.39 is 144 Å². The summed E-state index contributed by atoms with van der Waals surface area (Å²) in [4.78, 5) is 195. The molecule has 4 aliphatic carbocycles. The standard InChI is InChI=1S/C98H149N21O16S/c1-58(2)85(93(133)111-71(86(101)126)29-16-18-42-105-82(124)56-109-110-57-83(125)106-45-22-44-104-81(123)37-34-59(3)66-35-36-67-84-68(54-80(122)98(66,67)5)97(4)40-38-64(120)52-63(97)53-79(84)121)117-92(132)78-33-21-47-119(78)95(135)73(30-15-17-41-99)113-89(129)74(49-60-23-9-7-10-24-60)114-90(130)76(51-62-55-108-70-28-14-13-27-65(62)70)115-87(127)72(31-19-43-107-96(102)103)112-88(128)75(50-61-25-11-8-12-26-61)116-91(131)77-32-20-46-118(77)94(134)69(100)39-48-136-6/h7-14,23-28,55,57-59,63-64,66-69,71-80,84-85,108-109,120-122H,15-22,29-54,56,99-100H2,1-6H3,(H2,101,126)(H,104,123)(H,105,124)(H,106,125)(H,111,133)(H,112,128)(H,113,129)(H,114,130)(H,115,127)(H,116,131)(H,117,132)(H4,102,103,107)/b110-57+/t59-,63+,64-,66-,67+,68+,69+,71+,72+,73+,74+,75-,76-,77+,78+,79-,80+,84+,85+,97+,98-/m1/s1. The molecule has 2 aliphatic heterocycles. The number of amides is 13. The van der Waals surface area contributed by atoms with Crippen LogP contribution in [0.5, 0.6) is 0 Å². The van der Waals surface area contributed by atoms with Gasteiger partial charge in [-0.05, 0) is 235 Å². The number of nitrogens with one attached hydrogen (secondary N) is 12. The molecule has 25 N–H and O–H groups in total. The van der Waals surface area contributed by atoms with E-state index >= 15 is 19.2 Å². The lowest BCUT2D eigenvalue weighted by atomic mass is 9.43. The highest BCUT2D eigenvalue weighted by atomic mass is 32.2. The molecule has 21 atom stereocenters. The largest absolute Gasteiger partial charge is 0.393 e. The number of aliphatic imine (C=N–C) groups is 1. The fourth-order valence-electron chi connectivity index (χ4n) is 21.8. The number of nitrogens with two attached hydrogens (primary N) is 5. The number of H-pyrrole nitrogens is 1. The zero-order chi connectivity index (χ0) is 98.3. The zero-order valence-electron chi connectivity index (χ0n) is 79.8. The first-order valence-corrected chi connectivity index (χ1v) is 50.3. The van der Waals surface area contributed by atoms with E-state index in [9.17, 15) is 58.5 Å². The monoisotopic (exact) mass is 1910 g/mol. The fraction of sp³-hybridized carbons (Fsp3) is 0.643. The van der Waals surface area contributed by atoms with Crippen molar-refractivity contribution in [1.29, 1.82) is 0 Å². The lowest BCUT2D eigenvalue weighted by Gasteiger charge is -2.63. The Morgan fingerprint density at radius 3 is 1.79 bits per heavy atom. The second kappa shape index (κ2) is 52.1. The Kier molecular flexibility index (Phi) is 41.1. The Balaban J connectivity index is 0.699. The normalized spacial score (nSPS) is 24.3. The van der Waals surface area contributed by atoms with Crippen molar-refractivity contribution in [1.82, 2.24) is 73.4 Å². The molecular weight excluding hydrogens is 1760 g/mol. The van der Waals surface area contributed by atoms with Gasteiger partial charge >= 0.3 is 0 Å². The molecule has 0 unspecified atom stereocenters. The number of hydrazone groups is 1. The Labute approximate surface area is 802 Å². The number of hydrogen-bond donors (Lipinski definition) is 20. The van der Waals surface area contributed by atoms with Gasteiger partial charge in [0.2, 0.25) is 70.9 Å². The second-order valence-corrected chi connectivity index (χ2v) is 39.9. The lowest BCUT2D eigenvalue weighted by molar-refractivity contribution is -0.207. The molecule has 10 rings (SSSR count). The highest BCUT2D eigenvalue weighted by molar-refractivity contribution is 7.98. The van der Waals surface area contributed by atoms with Crippen LogP contribution in [0.25, 0.3) is 10.9 Å². The minimum Gasteiger partial charge on any atom is -0.393 e. The third kappa shape index (κ3) is 29.4. The molecule has 4 saturated carbocycles. The van der Waals surface area contributed by atoms with Crippen LogP contribution >= 0.6 is 11.8 Å². The van der Waals surface area contributed by atoms with Crippen molar-refractivity contribution in [3.8, 4) is 0 Å². The maximum absolute atomic E-state index is 15.5. The molecule has 6 fully saturated rings. The second-order valence-electron chi connectivity index (χ2n) is 38.9. The maximum atomic E-state index is 15.5. The number of carbonyl (C=O) groups excluding carboxylic acids is 13. The van der Waals surface area contributed by atoms with Crippen molar-refractivity contribution >= 4 is 112 Å². The topological polar surface area (TPSA) is 592 Å². The average molecular weight is 1910 g/mol. The number of likely N-dealkylation sites (tertiary alicyclic amines) is 2. The van der Waals surface area contributed by atoms with Crippen LogP contribution in [-0.4, -0.2) is 262 Å². The summed E-state index contributed by atoms with van der Waals surface area (Å²) in [5, 5.41) is 67.1. The number of carbonyl (C=O) groups is 13. The molecule has 1 aromatic heterocycles. The van der Waals surface area contributed by atoms with Crippen LogP contribution in [-0.2, 0) is 81.6 Å². The number of para-hydroxylation sites is 1. The van der Waals surface area contributed by atoms with E-state index in [0.29, 0.717) is 125 Å². The summed E-state index contributed by atoms with van der Waals surface area (Å²) in [6, 6.07) is 12.8. The van der Waals surface area contributed by atoms with E-state index in [1.807, 2.05) is 30.5 Å². The van der Waals surface area contributed by atoms with E-state index in [1.165, 1.54) is 9.80 Å². The molecule has 37 nitrogen and oxygen atoms in total. The SMILES string of the molecule is CSCC[C@H](N)C(=O)N1CCC[C@H]1C(=O)N[C@H](Cc1ccccc1)C(=O)N[C@@H](CCCN=C(N)N)C(=O)N[C@H](Cc1c[nH]c2ccccc12)C(=O)N[C@@H](Cc1ccccc1)C(=O)N[C@@H](CCCCN)C(=O)N1CCC[C@H]1C(=O)N[C@H](C(=O)N[C@@H](CCCCNC(=O)CN/N=C/C(=O)NCCCNC(=O)CC[C@@H](C)[C@H]1CC[C@H]2[C@@H]3[C@H](O)C[C@@H]4C[C@H](O)CC[C@]4(C)[C@H]3C[C@H](O)[C@]12C)C(N)=O)C(C)C. The highest BCUT2D eigenvalue weighted by Crippen LogP contribution is 2.68. The highest BCUT2D eigenvalue weighted by Gasteiger charge is 2.66. The first kappa shape index (κ1) is 107. The van der Waals surface area contributed by atoms with Crippen LogP contribution in [0.1, 0.15) is 199 Å². The number of rotatable bonds is 52. The van der Waals surface area contributed by atoms with Gasteiger partial charge < -0.3 is 117 Å². The van der Waals surface area contributed by atoms with E-state index in [0.717, 1.165) is 42.8 Å². The summed E-state index contributed by atoms with van der Waals surface area (Å²) in [5.74, 6) is -7.02. The number of primary amides is 1. The number of hydrogen-bond acceptors (Lipinski definition) is 22. The fourth-order valence-corrected chi connectivity index (χ4v) is 22.3. The molecule has 13 amide bonds. The minimum absolute atomic E-state index is 0.00660. The van der Waals surface area contributed by atoms with Gasteiger partial charge in [0.15, 0.2) is 5.96 Å². The van der Waals surface area contributed by atoms with Crippen LogP contribution in [0, 0.1) is 52.3 Å². The first-order chi connectivity index (χ1) is 65.1. The van der Waals surface area contributed by atoms with Crippen LogP contribution in [0.3, 0.4) is 0 Å². The predicted octanol–water partition coefficient (Wildman–Crippen LogP) is 1.84. The molecule has 136 heavy (non-hydrogen) atoms. The molecule has 38 heteroatoms. The van der Waals surface area contributed by atoms with Crippen molar-refractivity contribution in [2.45, 2.75) is 280 Å². The van der Waals surface area contributed by atoms with E-state index in [1.54, 1.807) is 92.5 Å². The number of aromatic amines is 1. The van der Waals surface area contributed by atoms with E-state index in [4.69, 9.17) is 28.7 Å². The smallest absolute Gasteiger partial charge is 0.264 e. The van der Waals surface area contributed by atoms with Gasteiger partial charge in [-0.15, -0.1) is 0 Å². The lowest BCUT2D eigenvalue weighted by Crippen LogP contribution is -2.62. The molecule has 0 bridgehead atoms. The number of aliphatic hydroxyl groups excluding tert-OH is 3. The van der Waals surface area contributed by atoms with Gasteiger partial charge in [0.25, 0.3) is 5.91 Å². The summed E-state index contributed by atoms with van der Waals surface area (Å²) in [6.07, 6.45) is 13.6. The van der Waals surface area contributed by atoms with Gasteiger partial charge in [-0.3, -0.25) is 67.3 Å². The summed E-state index contributed by atoms with van der Waals surface area (Å²) in [6.45, 7) is 11.3. The van der Waals surface area contributed by atoms with Crippen molar-refractivity contribution in [2.75, 3.05) is 64.4 Å². The number of thioether (sulfide) groups is 1. The summed E-state index contributed by atoms with van der Waals surface area (Å²) in [5.41, 5.74) is 34.4. The number of fused-ring (bicyclic) bond motifs is 6. The first-order valence-electron chi connectivity index (χ1n) is 48.9. The number of aromatic nitrogens is 1. The van der Waals surface area contributed by atoms with E-state index in [-0.39, 0.29) is 161 Å². The van der Waals surface area contributed by atoms with Crippen LogP contribution in [0.2, 0.25) is 0 Å². The van der Waals surface area contributed by atoms with Crippen LogP contribution < -0.4 is 87.3 Å². The number of nitrogens with zero attached hydrogens (tertiary/aromatic N) is 4. The number of aliphatic hydroxyl groups is 3. The van der Waals surface area contributed by atoms with Gasteiger partial charge in [-0.25, -0.2) is 0 Å². The van der Waals surface area contributed by atoms with Crippen LogP contribution in [0.4, 0.5) is 0 Å². The van der Waals surface area contributed by atoms with Crippen LogP contribution in [0.15, 0.2) is 101 Å². The molecule has 4 aromatic rings. The number of unbranched alkanes of at least 4 members (excludes halogenated alkanes) is 2. The third-order valence-corrected chi connectivity index (χ3v) is 30.0. The van der Waals surface area contributed by atoms with Gasteiger partial charge in [0.05, 0.1) is 24.4 Å². The quantitative estimate of drug-likeness (QED) is 0.0130. The molecule has 6 aliphatic rings. The Hall–Kier alpha value is -10.8. The Morgan fingerprint density at radius 2 is 1.14 bits per heavy atom. The van der Waals surface area contributed by atoms with Crippen molar-refractivity contribution in [3.63, 3.8) is 0 Å². The molecule has 748 valence electrons. The Morgan fingerprint density at radius 1 is 0.574 bits per heavy atom. The van der Waals surface area contributed by atoms with Gasteiger partial charge in [0, 0.05) is 82.1 Å². The van der Waals surface area contributed by atoms with Crippen molar-refractivity contribution in [2.24, 2.45) is 91.0 Å². The summed E-state index contributed by atoms with van der Waals surface area (Å²) < 4.78 is 0. The Bertz CT molecular complexity index is 4740. The maximum Gasteiger partial charge on any atom is 0.264 e. The van der Waals surface area contributed by atoms with Crippen molar-refractivity contribution in [3.05, 3.63) is 108 Å². The molecule has 3 heterocycles. The zero-order valence-corrected chi connectivity index (χ0v) is 80.6. The van der Waals surface area contributed by atoms with E-state index in [2.05, 4.69) is 94.4 Å². The van der Waals surface area contributed by atoms with Gasteiger partial charge in [-0.1, -0.05) is 113 Å². The molecule has 0 spiro atoms. The molecule has 2 saturated heterocycles. The summed E-state index contributed by atoms with van der Waals surface area (Å²) >= 11 is 1.54. The predicted molar refractivity (Wildman–Crippen MR) is 519 cm³/mol. The number of benzene rings is 3. The van der Waals surface area contributed by atoms with Gasteiger partial charge in [-0.2, -0.15) is 16.9 Å². The minimum atomic E-state index is -1.47. The molecular formula is C98H149N21O16S.